The first kappa shape index (κ1) is 17.9. The molecule has 0 unspecified atom stereocenters. The summed E-state index contributed by atoms with van der Waals surface area (Å²) in [5.41, 5.74) is 2.76. The molecule has 2 rings (SSSR count). The zero-order valence-corrected chi connectivity index (χ0v) is 14.8. The maximum atomic E-state index is 12.5. The fraction of sp³-hybridized carbons (Fsp3) is 0.350. The van der Waals surface area contributed by atoms with Crippen molar-refractivity contribution in [2.45, 2.75) is 33.2 Å². The normalized spacial score (nSPS) is 11.7. The van der Waals surface area contributed by atoms with E-state index < -0.39 is 0 Å². The fourth-order valence-corrected chi connectivity index (χ4v) is 2.65. The Morgan fingerprint density at radius 3 is 2.38 bits per heavy atom. The second-order valence-electron chi connectivity index (χ2n) is 5.62. The van der Waals surface area contributed by atoms with Gasteiger partial charge in [0.25, 0.3) is 5.91 Å². The molecular formula is C20H25NO3. The number of nitrogens with one attached hydrogen (secondary N) is 1. The number of rotatable bonds is 7. The highest BCUT2D eigenvalue weighted by molar-refractivity contribution is 5.94. The van der Waals surface area contributed by atoms with Crippen LogP contribution in [0.25, 0.3) is 0 Å². The molecule has 4 nitrogen and oxygen atoms in total. The molecule has 0 fully saturated rings. The van der Waals surface area contributed by atoms with Crippen molar-refractivity contribution < 1.29 is 14.3 Å². The summed E-state index contributed by atoms with van der Waals surface area (Å²) >= 11 is 0. The number of methoxy groups -OCH3 is 1. The molecule has 2 aromatic carbocycles. The third kappa shape index (κ3) is 4.28. The predicted octanol–water partition coefficient (Wildman–Crippen LogP) is 4.28. The Kier molecular flexibility index (Phi) is 6.24. The van der Waals surface area contributed by atoms with Crippen LogP contribution in [0.4, 0.5) is 0 Å². The third-order valence-corrected chi connectivity index (χ3v) is 3.96. The van der Waals surface area contributed by atoms with Gasteiger partial charge in [-0.25, -0.2) is 0 Å². The van der Waals surface area contributed by atoms with E-state index >= 15 is 0 Å². The van der Waals surface area contributed by atoms with E-state index in [4.69, 9.17) is 9.47 Å². The van der Waals surface area contributed by atoms with Gasteiger partial charge in [-0.1, -0.05) is 19.1 Å². The molecule has 1 amide bonds. The largest absolute Gasteiger partial charge is 0.496 e. The Labute approximate surface area is 143 Å². The minimum Gasteiger partial charge on any atom is -0.496 e. The minimum atomic E-state index is -0.0848. The van der Waals surface area contributed by atoms with E-state index in [0.717, 1.165) is 29.0 Å². The van der Waals surface area contributed by atoms with Crippen molar-refractivity contribution in [3.8, 4) is 11.5 Å². The first-order valence-electron chi connectivity index (χ1n) is 8.27. The molecule has 0 bridgehead atoms. The minimum absolute atomic E-state index is 0.0336. The molecule has 4 heteroatoms. The molecule has 1 N–H and O–H groups in total. The second-order valence-corrected chi connectivity index (χ2v) is 5.62. The van der Waals surface area contributed by atoms with Crippen LogP contribution in [0, 0.1) is 6.92 Å². The summed E-state index contributed by atoms with van der Waals surface area (Å²) in [7, 11) is 1.66. The Morgan fingerprint density at radius 2 is 1.83 bits per heavy atom. The van der Waals surface area contributed by atoms with Gasteiger partial charge in [-0.2, -0.15) is 0 Å². The van der Waals surface area contributed by atoms with E-state index in [1.807, 2.05) is 38.1 Å². The monoisotopic (exact) mass is 327 g/mol. The second kappa shape index (κ2) is 8.39. The molecule has 0 saturated heterocycles. The first-order valence-corrected chi connectivity index (χ1v) is 8.27. The third-order valence-electron chi connectivity index (χ3n) is 3.96. The van der Waals surface area contributed by atoms with Crippen molar-refractivity contribution in [2.24, 2.45) is 0 Å². The molecule has 0 heterocycles. The van der Waals surface area contributed by atoms with Gasteiger partial charge in [-0.05, 0) is 61.7 Å². The molecule has 0 aliphatic heterocycles. The summed E-state index contributed by atoms with van der Waals surface area (Å²) in [5, 5.41) is 3.09. The van der Waals surface area contributed by atoms with E-state index in [1.165, 1.54) is 0 Å². The van der Waals surface area contributed by atoms with Crippen molar-refractivity contribution in [3.63, 3.8) is 0 Å². The number of amides is 1. The van der Waals surface area contributed by atoms with Gasteiger partial charge in [0, 0.05) is 5.56 Å². The van der Waals surface area contributed by atoms with Gasteiger partial charge in [0.05, 0.1) is 19.8 Å². The van der Waals surface area contributed by atoms with Crippen LogP contribution in [0.15, 0.2) is 42.5 Å². The van der Waals surface area contributed by atoms with Crippen molar-refractivity contribution in [1.29, 1.82) is 0 Å². The number of benzene rings is 2. The molecule has 128 valence electrons. The van der Waals surface area contributed by atoms with E-state index in [1.54, 1.807) is 19.2 Å². The Hall–Kier alpha value is -2.49. The van der Waals surface area contributed by atoms with Gasteiger partial charge >= 0.3 is 0 Å². The van der Waals surface area contributed by atoms with Crippen LogP contribution in [0.1, 0.15) is 47.8 Å². The Morgan fingerprint density at radius 1 is 1.12 bits per heavy atom. The maximum absolute atomic E-state index is 12.5. The van der Waals surface area contributed by atoms with Crippen LogP contribution < -0.4 is 14.8 Å². The van der Waals surface area contributed by atoms with Crippen molar-refractivity contribution in [2.75, 3.05) is 13.7 Å². The summed E-state index contributed by atoms with van der Waals surface area (Å²) in [5.74, 6) is 1.54. The highest BCUT2D eigenvalue weighted by Gasteiger charge is 2.15. The summed E-state index contributed by atoms with van der Waals surface area (Å²) in [6.07, 6.45) is 0.814. The zero-order valence-electron chi connectivity index (χ0n) is 14.8. The van der Waals surface area contributed by atoms with Gasteiger partial charge in [-0.3, -0.25) is 4.79 Å². The standard InChI is InChI=1S/C20H25NO3/c1-5-18(16-9-12-19(23-4)14(3)13-16)21-20(22)15-7-10-17(11-8-15)24-6-2/h7-13,18H,5-6H2,1-4H3,(H,21,22)/t18-/m0/s1. The summed E-state index contributed by atoms with van der Waals surface area (Å²) in [4.78, 5) is 12.5. The average Bonchev–Trinajstić information content (AvgIpc) is 2.60. The van der Waals surface area contributed by atoms with E-state index in [9.17, 15) is 4.79 Å². The van der Waals surface area contributed by atoms with E-state index in [2.05, 4.69) is 18.3 Å². The lowest BCUT2D eigenvalue weighted by molar-refractivity contribution is 0.0935. The zero-order chi connectivity index (χ0) is 17.5. The van der Waals surface area contributed by atoms with Gasteiger partial charge in [-0.15, -0.1) is 0 Å². The van der Waals surface area contributed by atoms with Gasteiger partial charge in [0.2, 0.25) is 0 Å². The van der Waals surface area contributed by atoms with Crippen molar-refractivity contribution in [1.82, 2.24) is 5.32 Å². The lowest BCUT2D eigenvalue weighted by atomic mass is 10.0. The number of hydrogen-bond donors (Lipinski definition) is 1. The molecule has 1 atom stereocenters. The Balaban J connectivity index is 2.11. The Bertz CT molecular complexity index is 680. The molecule has 0 spiro atoms. The quantitative estimate of drug-likeness (QED) is 0.825. The highest BCUT2D eigenvalue weighted by Crippen LogP contribution is 2.24. The first-order chi connectivity index (χ1) is 11.6. The topological polar surface area (TPSA) is 47.6 Å². The van der Waals surface area contributed by atoms with Crippen LogP contribution in [-0.4, -0.2) is 19.6 Å². The SMILES string of the molecule is CCOc1ccc(C(=O)N[C@@H](CC)c2ccc(OC)c(C)c2)cc1. The number of hydrogen-bond acceptors (Lipinski definition) is 3. The van der Waals surface area contributed by atoms with Gasteiger partial charge in [0.1, 0.15) is 11.5 Å². The molecule has 2 aromatic rings. The lowest BCUT2D eigenvalue weighted by Crippen LogP contribution is -2.28. The number of carbonyl (C=O) groups excluding carboxylic acids is 1. The summed E-state index contributed by atoms with van der Waals surface area (Å²) in [6, 6.07) is 13.2. The van der Waals surface area contributed by atoms with Crippen molar-refractivity contribution >= 4 is 5.91 Å². The molecule has 0 aliphatic carbocycles. The molecule has 0 saturated carbocycles. The molecule has 24 heavy (non-hydrogen) atoms. The van der Waals surface area contributed by atoms with Gasteiger partial charge < -0.3 is 14.8 Å². The summed E-state index contributed by atoms with van der Waals surface area (Å²) in [6.45, 7) is 6.61. The lowest BCUT2D eigenvalue weighted by Gasteiger charge is -2.19. The maximum Gasteiger partial charge on any atom is 0.251 e. The average molecular weight is 327 g/mol. The van der Waals surface area contributed by atoms with Crippen LogP contribution in [-0.2, 0) is 0 Å². The smallest absolute Gasteiger partial charge is 0.251 e. The summed E-state index contributed by atoms with van der Waals surface area (Å²) < 4.78 is 10.7. The van der Waals surface area contributed by atoms with E-state index in [0.29, 0.717) is 12.2 Å². The number of ether oxygens (including phenoxy) is 2. The van der Waals surface area contributed by atoms with Crippen LogP contribution in [0.3, 0.4) is 0 Å². The van der Waals surface area contributed by atoms with Crippen molar-refractivity contribution in [3.05, 3.63) is 59.2 Å². The molecular weight excluding hydrogens is 302 g/mol. The highest BCUT2D eigenvalue weighted by atomic mass is 16.5. The number of carbonyl (C=O) groups is 1. The predicted molar refractivity (Wildman–Crippen MR) is 95.8 cm³/mol. The van der Waals surface area contributed by atoms with Crippen LogP contribution in [0.5, 0.6) is 11.5 Å². The van der Waals surface area contributed by atoms with E-state index in [-0.39, 0.29) is 11.9 Å². The fourth-order valence-electron chi connectivity index (χ4n) is 2.65. The number of aryl methyl sites for hydroxylation is 1. The van der Waals surface area contributed by atoms with Crippen LogP contribution in [0.2, 0.25) is 0 Å². The van der Waals surface area contributed by atoms with Gasteiger partial charge in [0.15, 0.2) is 0 Å². The molecule has 0 radical (unpaired) electrons. The van der Waals surface area contributed by atoms with Crippen LogP contribution >= 0.6 is 0 Å². The molecule has 0 aromatic heterocycles. The molecule has 0 aliphatic rings.